The van der Waals surface area contributed by atoms with E-state index in [0.717, 1.165) is 52.8 Å². The molecule has 2 atom stereocenters. The molecule has 3 aromatic carbocycles. The smallest absolute Gasteiger partial charge is 0.166 e. The molecule has 0 amide bonds. The molecule has 0 N–H and O–H groups in total. The van der Waals surface area contributed by atoms with Crippen molar-refractivity contribution in [2.24, 2.45) is 4.99 Å². The first-order valence-electron chi connectivity index (χ1n) is 11.9. The van der Waals surface area contributed by atoms with Crippen LogP contribution in [0.25, 0.3) is 0 Å². The van der Waals surface area contributed by atoms with Crippen LogP contribution in [0.15, 0.2) is 65.7 Å². The predicted molar refractivity (Wildman–Crippen MR) is 145 cm³/mol. The number of hydrogen-bond donors (Lipinski definition) is 0. The molecule has 3 rings (SSSR count). The van der Waals surface area contributed by atoms with E-state index < -0.39 is 0 Å². The second-order valence-electron chi connectivity index (χ2n) is 8.41. The molecular formula is C29H35FNO3P. The van der Waals surface area contributed by atoms with Crippen LogP contribution in [0, 0.1) is 5.82 Å². The Bertz CT molecular complexity index is 1140. The van der Waals surface area contributed by atoms with Gasteiger partial charge >= 0.3 is 0 Å². The monoisotopic (exact) mass is 495 g/mol. The Morgan fingerprint density at radius 2 is 1.77 bits per heavy atom. The lowest BCUT2D eigenvalue weighted by molar-refractivity contribution is 0.275. The second-order valence-corrected chi connectivity index (χ2v) is 10.2. The maximum absolute atomic E-state index is 14.1. The molecule has 0 bridgehead atoms. The molecule has 0 saturated carbocycles. The number of aliphatic imine (C=N–C) groups is 1. The third-order valence-electron chi connectivity index (χ3n) is 6.16. The standard InChI is InChI=1S/C29H35FNO3P/c1-6-15-29(7-2,35-27-14-13-23(30)16-22(27)19-31-3)25-17-24(32-4)18-26(33-5)28(25)34-20-21-11-9-8-10-12-21/h8-14,16-19,35H,6-7,15,20H2,1-5H3. The minimum atomic E-state index is -0.263. The van der Waals surface area contributed by atoms with Crippen LogP contribution in [0.5, 0.6) is 17.2 Å². The lowest BCUT2D eigenvalue weighted by atomic mass is 9.89. The van der Waals surface area contributed by atoms with Gasteiger partial charge in [-0.2, -0.15) is 0 Å². The van der Waals surface area contributed by atoms with Gasteiger partial charge in [-0.05, 0) is 41.9 Å². The van der Waals surface area contributed by atoms with E-state index in [1.165, 1.54) is 6.07 Å². The van der Waals surface area contributed by atoms with Crippen molar-refractivity contribution in [3.63, 3.8) is 0 Å². The number of rotatable bonds is 12. The average Bonchev–Trinajstić information content (AvgIpc) is 2.88. The van der Waals surface area contributed by atoms with Crippen molar-refractivity contribution in [2.45, 2.75) is 44.9 Å². The highest BCUT2D eigenvalue weighted by Gasteiger charge is 2.35. The summed E-state index contributed by atoms with van der Waals surface area (Å²) in [4.78, 5) is 4.17. The molecule has 186 valence electrons. The van der Waals surface area contributed by atoms with Crippen LogP contribution in [0.2, 0.25) is 0 Å². The van der Waals surface area contributed by atoms with Crippen LogP contribution < -0.4 is 19.5 Å². The first-order chi connectivity index (χ1) is 17.0. The van der Waals surface area contributed by atoms with E-state index in [2.05, 4.69) is 24.9 Å². The summed E-state index contributed by atoms with van der Waals surface area (Å²) in [6.07, 6.45) is 4.52. The fourth-order valence-electron chi connectivity index (χ4n) is 4.38. The number of nitrogens with zero attached hydrogens (tertiary/aromatic N) is 1. The minimum Gasteiger partial charge on any atom is -0.497 e. The largest absolute Gasteiger partial charge is 0.497 e. The Balaban J connectivity index is 2.17. The van der Waals surface area contributed by atoms with Gasteiger partial charge in [0.2, 0.25) is 0 Å². The molecule has 0 spiro atoms. The molecule has 4 nitrogen and oxygen atoms in total. The SMILES string of the molecule is CCCC(CC)(Pc1ccc(F)cc1C=NC)c1cc(OC)cc(OC)c1OCc1ccccc1. The number of hydrogen-bond acceptors (Lipinski definition) is 4. The normalized spacial score (nSPS) is 13.3. The lowest BCUT2D eigenvalue weighted by Gasteiger charge is -2.36. The van der Waals surface area contributed by atoms with Crippen molar-refractivity contribution in [2.75, 3.05) is 21.3 Å². The van der Waals surface area contributed by atoms with Gasteiger partial charge in [-0.3, -0.25) is 4.99 Å². The maximum atomic E-state index is 14.1. The fourth-order valence-corrected chi connectivity index (χ4v) is 6.21. The molecule has 0 aromatic heterocycles. The van der Waals surface area contributed by atoms with Crippen molar-refractivity contribution < 1.29 is 18.6 Å². The third kappa shape index (κ3) is 6.41. The van der Waals surface area contributed by atoms with Crippen LogP contribution in [-0.4, -0.2) is 27.5 Å². The van der Waals surface area contributed by atoms with Crippen LogP contribution >= 0.6 is 8.58 Å². The molecule has 0 fully saturated rings. The van der Waals surface area contributed by atoms with Crippen LogP contribution in [0.1, 0.15) is 49.8 Å². The molecule has 0 saturated heterocycles. The van der Waals surface area contributed by atoms with Crippen LogP contribution in [0.4, 0.5) is 4.39 Å². The highest BCUT2D eigenvalue weighted by molar-refractivity contribution is 7.48. The van der Waals surface area contributed by atoms with Gasteiger partial charge in [0.1, 0.15) is 18.2 Å². The van der Waals surface area contributed by atoms with Crippen molar-refractivity contribution in [1.82, 2.24) is 0 Å². The number of benzene rings is 3. The van der Waals surface area contributed by atoms with Gasteiger partial charge in [-0.15, -0.1) is 0 Å². The summed E-state index contributed by atoms with van der Waals surface area (Å²) in [6.45, 7) is 4.82. The average molecular weight is 496 g/mol. The second kappa shape index (κ2) is 12.7. The van der Waals surface area contributed by atoms with E-state index in [4.69, 9.17) is 14.2 Å². The Morgan fingerprint density at radius 1 is 1.00 bits per heavy atom. The van der Waals surface area contributed by atoms with E-state index in [-0.39, 0.29) is 11.0 Å². The molecule has 35 heavy (non-hydrogen) atoms. The van der Waals surface area contributed by atoms with Gasteiger partial charge in [0.05, 0.1) is 14.2 Å². The zero-order valence-electron chi connectivity index (χ0n) is 21.2. The highest BCUT2D eigenvalue weighted by Crippen LogP contribution is 2.54. The van der Waals surface area contributed by atoms with E-state index in [9.17, 15) is 4.39 Å². The van der Waals surface area contributed by atoms with Crippen LogP contribution in [-0.2, 0) is 11.8 Å². The molecular weight excluding hydrogens is 460 g/mol. The first kappa shape index (κ1) is 26.7. The number of methoxy groups -OCH3 is 2. The van der Waals surface area contributed by atoms with Crippen molar-refractivity contribution in [1.29, 1.82) is 0 Å². The Hall–Kier alpha value is -2.91. The third-order valence-corrected chi connectivity index (χ3v) is 8.24. The van der Waals surface area contributed by atoms with Gasteiger partial charge in [-0.25, -0.2) is 4.39 Å². The molecule has 2 unspecified atom stereocenters. The number of halogens is 1. The lowest BCUT2D eigenvalue weighted by Crippen LogP contribution is -2.25. The van der Waals surface area contributed by atoms with Gasteiger partial charge in [0.15, 0.2) is 11.5 Å². The summed E-state index contributed by atoms with van der Waals surface area (Å²) in [5.74, 6) is 1.83. The maximum Gasteiger partial charge on any atom is 0.166 e. The molecule has 6 heteroatoms. The summed E-state index contributed by atoms with van der Waals surface area (Å²) >= 11 is 0. The van der Waals surface area contributed by atoms with E-state index >= 15 is 0 Å². The summed E-state index contributed by atoms with van der Waals surface area (Å²) < 4.78 is 32.0. The van der Waals surface area contributed by atoms with Crippen LogP contribution in [0.3, 0.4) is 0 Å². The minimum absolute atomic E-state index is 0.253. The van der Waals surface area contributed by atoms with E-state index in [1.807, 2.05) is 42.5 Å². The Morgan fingerprint density at radius 3 is 2.40 bits per heavy atom. The van der Waals surface area contributed by atoms with E-state index in [1.54, 1.807) is 33.5 Å². The first-order valence-corrected chi connectivity index (χ1v) is 12.9. The summed E-state index contributed by atoms with van der Waals surface area (Å²) in [7, 11) is 5.39. The summed E-state index contributed by atoms with van der Waals surface area (Å²) in [6, 6.07) is 19.0. The zero-order valence-corrected chi connectivity index (χ0v) is 22.2. The molecule has 0 radical (unpaired) electrons. The number of ether oxygens (including phenoxy) is 3. The topological polar surface area (TPSA) is 40.0 Å². The predicted octanol–water partition coefficient (Wildman–Crippen LogP) is 6.88. The molecule has 0 aliphatic carbocycles. The van der Waals surface area contributed by atoms with Gasteiger partial charge in [0.25, 0.3) is 0 Å². The van der Waals surface area contributed by atoms with Crippen molar-refractivity contribution >= 4 is 20.1 Å². The zero-order chi connectivity index (χ0) is 25.3. The van der Waals surface area contributed by atoms with Crippen molar-refractivity contribution in [3.05, 3.63) is 83.2 Å². The molecule has 0 aliphatic heterocycles. The molecule has 0 heterocycles. The fraction of sp³-hybridized carbons (Fsp3) is 0.345. The van der Waals surface area contributed by atoms with Gasteiger partial charge in [-0.1, -0.05) is 65.2 Å². The highest BCUT2D eigenvalue weighted by atomic mass is 31.1. The summed E-state index contributed by atoms with van der Waals surface area (Å²) in [5.41, 5.74) is 2.94. The van der Waals surface area contributed by atoms with Crippen molar-refractivity contribution in [3.8, 4) is 17.2 Å². The Labute approximate surface area is 210 Å². The van der Waals surface area contributed by atoms with Gasteiger partial charge < -0.3 is 14.2 Å². The quantitative estimate of drug-likeness (QED) is 0.203. The summed E-state index contributed by atoms with van der Waals surface area (Å²) in [5, 5.41) is 0.819. The molecule has 0 aliphatic rings. The molecule has 3 aromatic rings. The van der Waals surface area contributed by atoms with Gasteiger partial charge in [0, 0.05) is 35.6 Å². The van der Waals surface area contributed by atoms with E-state index in [0.29, 0.717) is 20.9 Å². The Kier molecular flexibility index (Phi) is 9.68.